The van der Waals surface area contributed by atoms with Gasteiger partial charge >= 0.3 is 0 Å². The molecule has 0 fully saturated rings. The Morgan fingerprint density at radius 1 is 1.22 bits per heavy atom. The summed E-state index contributed by atoms with van der Waals surface area (Å²) >= 11 is 0. The van der Waals surface area contributed by atoms with Crippen molar-refractivity contribution in [3.8, 4) is 0 Å². The third-order valence-corrected chi connectivity index (χ3v) is 1.24. The Morgan fingerprint density at radius 3 is 1.78 bits per heavy atom. The zero-order chi connectivity index (χ0) is 7.44. The van der Waals surface area contributed by atoms with E-state index in [-0.39, 0.29) is 0 Å². The summed E-state index contributed by atoms with van der Waals surface area (Å²) in [6.45, 7) is 0. The maximum Gasteiger partial charge on any atom is 0.270 e. The summed E-state index contributed by atoms with van der Waals surface area (Å²) < 4.78 is 53.1. The van der Waals surface area contributed by atoms with E-state index in [1.54, 1.807) is 0 Å². The minimum absolute atomic E-state index is 1.09. The topological polar surface area (TPSA) is 34.1 Å². The molecule has 0 amide bonds. The molecule has 0 saturated carbocycles. The summed E-state index contributed by atoms with van der Waals surface area (Å²) in [5, 5.41) is 0. The standard InChI is InChI=1S/C3H5F3O2S/c4-2(3(5)6)1-9(7)8/h2-3,9H,1H2. The van der Waals surface area contributed by atoms with Crippen molar-refractivity contribution in [2.75, 3.05) is 5.75 Å². The van der Waals surface area contributed by atoms with Crippen LogP contribution >= 0.6 is 0 Å². The maximum absolute atomic E-state index is 11.6. The zero-order valence-electron chi connectivity index (χ0n) is 4.26. The van der Waals surface area contributed by atoms with Gasteiger partial charge in [-0.3, -0.25) is 0 Å². The number of hydrogen-bond donors (Lipinski definition) is 1. The van der Waals surface area contributed by atoms with Crippen LogP contribution in [-0.4, -0.2) is 26.8 Å². The fourth-order valence-electron chi connectivity index (χ4n) is 0.222. The average molecular weight is 162 g/mol. The minimum atomic E-state index is -3.20. The molecule has 0 aromatic heterocycles. The molecular weight excluding hydrogens is 157 g/mol. The van der Waals surface area contributed by atoms with Crippen molar-refractivity contribution >= 4 is 10.7 Å². The van der Waals surface area contributed by atoms with Crippen molar-refractivity contribution in [2.24, 2.45) is 0 Å². The third kappa shape index (κ3) is 4.26. The van der Waals surface area contributed by atoms with Gasteiger partial charge < -0.3 is 0 Å². The van der Waals surface area contributed by atoms with Crippen LogP contribution in [0.5, 0.6) is 0 Å². The Balaban J connectivity index is 3.63. The lowest BCUT2D eigenvalue weighted by molar-refractivity contribution is 0.0621. The second kappa shape index (κ2) is 3.71. The van der Waals surface area contributed by atoms with Gasteiger partial charge in [0.15, 0.2) is 6.17 Å². The van der Waals surface area contributed by atoms with Gasteiger partial charge in [0.25, 0.3) is 6.43 Å². The fraction of sp³-hybridized carbons (Fsp3) is 1.00. The van der Waals surface area contributed by atoms with E-state index in [2.05, 4.69) is 0 Å². The summed E-state index contributed by atoms with van der Waals surface area (Å²) in [6.07, 6.45) is -5.73. The van der Waals surface area contributed by atoms with Crippen LogP contribution in [0.3, 0.4) is 0 Å². The second-order valence-corrected chi connectivity index (χ2v) is 2.40. The highest BCUT2D eigenvalue weighted by molar-refractivity contribution is 7.72. The summed E-state index contributed by atoms with van der Waals surface area (Å²) in [5.41, 5.74) is 0. The molecule has 0 aliphatic heterocycles. The first-order valence-corrected chi connectivity index (χ1v) is 3.44. The molecule has 0 radical (unpaired) electrons. The molecule has 0 aliphatic rings. The Hall–Kier alpha value is -0.260. The molecule has 0 aromatic carbocycles. The monoisotopic (exact) mass is 162 g/mol. The maximum atomic E-state index is 11.6. The molecule has 0 aromatic rings. The van der Waals surface area contributed by atoms with E-state index in [1.807, 2.05) is 0 Å². The predicted molar refractivity (Wildman–Crippen MR) is 26.1 cm³/mol. The molecule has 0 bridgehead atoms. The van der Waals surface area contributed by atoms with Gasteiger partial charge in [-0.05, 0) is 0 Å². The molecule has 0 spiro atoms. The van der Waals surface area contributed by atoms with Gasteiger partial charge in [0.05, 0.1) is 5.75 Å². The Bertz CT molecular complexity index is 136. The highest BCUT2D eigenvalue weighted by atomic mass is 32.2. The molecule has 2 nitrogen and oxygen atoms in total. The van der Waals surface area contributed by atoms with E-state index in [4.69, 9.17) is 0 Å². The molecule has 1 unspecified atom stereocenters. The van der Waals surface area contributed by atoms with Crippen LogP contribution in [0.4, 0.5) is 13.2 Å². The molecule has 0 aliphatic carbocycles. The lowest BCUT2D eigenvalue weighted by Crippen LogP contribution is -2.17. The van der Waals surface area contributed by atoms with Crippen LogP contribution in [0.1, 0.15) is 0 Å². The van der Waals surface area contributed by atoms with Gasteiger partial charge in [0.2, 0.25) is 0 Å². The van der Waals surface area contributed by atoms with Gasteiger partial charge in [-0.2, -0.15) is 0 Å². The molecule has 0 saturated heterocycles. The molecule has 9 heavy (non-hydrogen) atoms. The summed E-state index contributed by atoms with van der Waals surface area (Å²) in [6, 6.07) is 0. The van der Waals surface area contributed by atoms with E-state index in [0.717, 1.165) is 0 Å². The normalized spacial score (nSPS) is 14.8. The average Bonchev–Trinajstić information content (AvgIpc) is 1.63. The Kier molecular flexibility index (Phi) is 3.60. The molecule has 0 heterocycles. The summed E-state index contributed by atoms with van der Waals surface area (Å²) in [7, 11) is -3.03. The molecular formula is C3H5F3O2S. The number of rotatable bonds is 3. The van der Waals surface area contributed by atoms with Crippen LogP contribution in [0.25, 0.3) is 0 Å². The Labute approximate surface area is 51.6 Å². The van der Waals surface area contributed by atoms with Crippen molar-refractivity contribution < 1.29 is 21.6 Å². The lowest BCUT2D eigenvalue weighted by Gasteiger charge is -1.98. The SMILES string of the molecule is O=[SH](=O)CC(F)C(F)F. The van der Waals surface area contributed by atoms with Crippen molar-refractivity contribution in [1.82, 2.24) is 0 Å². The molecule has 6 heteroatoms. The molecule has 56 valence electrons. The smallest absolute Gasteiger partial charge is 0.240 e. The van der Waals surface area contributed by atoms with Gasteiger partial charge in [0.1, 0.15) is 10.7 Å². The van der Waals surface area contributed by atoms with Crippen LogP contribution in [0.2, 0.25) is 0 Å². The van der Waals surface area contributed by atoms with E-state index in [0.29, 0.717) is 0 Å². The quantitative estimate of drug-likeness (QED) is 0.601. The van der Waals surface area contributed by atoms with Crippen LogP contribution < -0.4 is 0 Å². The molecule has 1 atom stereocenters. The van der Waals surface area contributed by atoms with E-state index < -0.39 is 29.1 Å². The van der Waals surface area contributed by atoms with Gasteiger partial charge in [-0.25, -0.2) is 21.6 Å². The first kappa shape index (κ1) is 8.74. The van der Waals surface area contributed by atoms with E-state index in [9.17, 15) is 21.6 Å². The predicted octanol–water partition coefficient (Wildman–Crippen LogP) is 0.201. The van der Waals surface area contributed by atoms with Crippen LogP contribution in [0, 0.1) is 0 Å². The van der Waals surface area contributed by atoms with Crippen LogP contribution in [0.15, 0.2) is 0 Å². The molecule has 0 rings (SSSR count). The minimum Gasteiger partial charge on any atom is -0.240 e. The first-order chi connectivity index (χ1) is 4.04. The largest absolute Gasteiger partial charge is 0.270 e. The summed E-state index contributed by atoms with van der Waals surface area (Å²) in [4.78, 5) is 0. The van der Waals surface area contributed by atoms with Crippen molar-refractivity contribution in [3.05, 3.63) is 0 Å². The third-order valence-electron chi connectivity index (χ3n) is 0.597. The van der Waals surface area contributed by atoms with Crippen molar-refractivity contribution in [2.45, 2.75) is 12.6 Å². The Morgan fingerprint density at radius 2 is 1.67 bits per heavy atom. The first-order valence-electron chi connectivity index (χ1n) is 2.08. The van der Waals surface area contributed by atoms with Gasteiger partial charge in [-0.15, -0.1) is 0 Å². The van der Waals surface area contributed by atoms with E-state index >= 15 is 0 Å². The number of alkyl halides is 3. The van der Waals surface area contributed by atoms with Gasteiger partial charge in [-0.1, -0.05) is 0 Å². The van der Waals surface area contributed by atoms with Crippen molar-refractivity contribution in [1.29, 1.82) is 0 Å². The fourth-order valence-corrected chi connectivity index (χ4v) is 0.666. The van der Waals surface area contributed by atoms with Gasteiger partial charge in [0, 0.05) is 0 Å². The zero-order valence-corrected chi connectivity index (χ0v) is 5.15. The van der Waals surface area contributed by atoms with Crippen LogP contribution in [-0.2, 0) is 10.7 Å². The van der Waals surface area contributed by atoms with E-state index in [1.165, 1.54) is 0 Å². The van der Waals surface area contributed by atoms with Crippen molar-refractivity contribution in [3.63, 3.8) is 0 Å². The second-order valence-electron chi connectivity index (χ2n) is 1.37. The highest BCUT2D eigenvalue weighted by Crippen LogP contribution is 2.04. The number of halogens is 3. The molecule has 0 N–H and O–H groups in total. The highest BCUT2D eigenvalue weighted by Gasteiger charge is 2.19. The summed E-state index contributed by atoms with van der Waals surface area (Å²) in [5.74, 6) is -1.09. The lowest BCUT2D eigenvalue weighted by atomic mass is 10.5. The number of thiol groups is 1. The number of hydrogen-bond acceptors (Lipinski definition) is 2.